The van der Waals surface area contributed by atoms with Gasteiger partial charge in [-0.1, -0.05) is 6.07 Å². The van der Waals surface area contributed by atoms with Crippen LogP contribution in [-0.4, -0.2) is 35.6 Å². The van der Waals surface area contributed by atoms with Gasteiger partial charge in [0.25, 0.3) is 0 Å². The van der Waals surface area contributed by atoms with Gasteiger partial charge >= 0.3 is 5.97 Å². The first kappa shape index (κ1) is 15.3. The van der Waals surface area contributed by atoms with Crippen molar-refractivity contribution in [1.82, 2.24) is 4.37 Å². The predicted octanol–water partition coefficient (Wildman–Crippen LogP) is 2.33. The van der Waals surface area contributed by atoms with E-state index >= 15 is 0 Å². The first-order valence-corrected chi connectivity index (χ1v) is 7.57. The molecule has 0 unspecified atom stereocenters. The molecule has 23 heavy (non-hydrogen) atoms. The topological polar surface area (TPSA) is 97.8 Å². The van der Waals surface area contributed by atoms with E-state index in [-0.39, 0.29) is 23.9 Å². The third kappa shape index (κ3) is 2.61. The molecule has 1 aliphatic rings. The van der Waals surface area contributed by atoms with E-state index in [1.807, 2.05) is 6.07 Å². The molecule has 0 spiro atoms. The zero-order valence-corrected chi connectivity index (χ0v) is 13.3. The Morgan fingerprint density at radius 2 is 2.09 bits per heavy atom. The molecule has 2 N–H and O–H groups in total. The number of carbonyl (C=O) groups is 2. The summed E-state index contributed by atoms with van der Waals surface area (Å²) in [6.07, 6.45) is 0.226. The summed E-state index contributed by atoms with van der Waals surface area (Å²) in [7, 11) is 3.09. The summed E-state index contributed by atoms with van der Waals surface area (Å²) in [5.74, 6) is -0.507. The van der Waals surface area contributed by atoms with Crippen molar-refractivity contribution in [3.63, 3.8) is 0 Å². The molecule has 7 nitrogen and oxygen atoms in total. The van der Waals surface area contributed by atoms with Crippen LogP contribution in [0.15, 0.2) is 18.2 Å². The van der Waals surface area contributed by atoms with Gasteiger partial charge in [-0.15, -0.1) is 0 Å². The van der Waals surface area contributed by atoms with Gasteiger partial charge in [0.15, 0.2) is 17.2 Å². The number of aromatic nitrogens is 1. The van der Waals surface area contributed by atoms with Gasteiger partial charge in [0.05, 0.1) is 24.8 Å². The number of hydrogen-bond acceptors (Lipinski definition) is 6. The van der Waals surface area contributed by atoms with Gasteiger partial charge in [-0.05, 0) is 29.2 Å². The number of fused-ring (bicyclic) bond motifs is 1. The first-order valence-electron chi connectivity index (χ1n) is 6.79. The second-order valence-corrected chi connectivity index (χ2v) is 5.80. The van der Waals surface area contributed by atoms with E-state index in [0.717, 1.165) is 22.0 Å². The van der Waals surface area contributed by atoms with Gasteiger partial charge in [-0.2, -0.15) is 4.37 Å². The van der Waals surface area contributed by atoms with Crippen LogP contribution in [0.25, 0.3) is 0 Å². The molecule has 3 rings (SSSR count). The molecule has 1 aliphatic heterocycles. The lowest BCUT2D eigenvalue weighted by atomic mass is 9.90. The summed E-state index contributed by atoms with van der Waals surface area (Å²) >= 11 is 1.09. The molecule has 1 aromatic heterocycles. The van der Waals surface area contributed by atoms with Gasteiger partial charge in [-0.25, -0.2) is 4.79 Å². The molecule has 0 aliphatic carbocycles. The second-order valence-electron chi connectivity index (χ2n) is 4.99. The molecular formula is C15H14N2O5S. The first-order chi connectivity index (χ1) is 11.0. The molecule has 2 heterocycles. The lowest BCUT2D eigenvalue weighted by Crippen LogP contribution is -2.23. The fraction of sp³-hybridized carbons (Fsp3) is 0.267. The minimum Gasteiger partial charge on any atom is -0.493 e. The zero-order chi connectivity index (χ0) is 16.6. The SMILES string of the molecule is COc1ccc([C@H]2CC(=O)Nc3c(C(=O)O)nsc32)cc1OC. The van der Waals surface area contributed by atoms with Crippen molar-refractivity contribution in [2.75, 3.05) is 19.5 Å². The molecule has 120 valence electrons. The number of nitrogens with one attached hydrogen (secondary N) is 1. The van der Waals surface area contributed by atoms with Crippen molar-refractivity contribution in [1.29, 1.82) is 0 Å². The maximum Gasteiger partial charge on any atom is 0.357 e. The Morgan fingerprint density at radius 1 is 1.35 bits per heavy atom. The van der Waals surface area contributed by atoms with Crippen molar-refractivity contribution in [3.8, 4) is 11.5 Å². The minimum absolute atomic E-state index is 0.122. The third-order valence-corrected chi connectivity index (χ3v) is 4.66. The van der Waals surface area contributed by atoms with Crippen LogP contribution in [0, 0.1) is 0 Å². The number of aromatic carboxylic acids is 1. The summed E-state index contributed by atoms with van der Waals surface area (Å²) in [4.78, 5) is 23.9. The Morgan fingerprint density at radius 3 is 2.74 bits per heavy atom. The van der Waals surface area contributed by atoms with E-state index in [2.05, 4.69) is 9.69 Å². The minimum atomic E-state index is -1.16. The van der Waals surface area contributed by atoms with Crippen molar-refractivity contribution in [2.45, 2.75) is 12.3 Å². The number of carboxylic acids is 1. The monoisotopic (exact) mass is 334 g/mol. The molecule has 0 fully saturated rings. The normalized spacial score (nSPS) is 16.4. The number of hydrogen-bond donors (Lipinski definition) is 2. The van der Waals surface area contributed by atoms with Crippen molar-refractivity contribution in [2.24, 2.45) is 0 Å². The molecule has 0 saturated heterocycles. The van der Waals surface area contributed by atoms with E-state index in [1.54, 1.807) is 19.2 Å². The van der Waals surface area contributed by atoms with E-state index in [9.17, 15) is 14.7 Å². The average molecular weight is 334 g/mol. The summed E-state index contributed by atoms with van der Waals surface area (Å²) in [6.45, 7) is 0. The van der Waals surface area contributed by atoms with Crippen molar-refractivity contribution in [3.05, 3.63) is 34.3 Å². The maximum absolute atomic E-state index is 12.0. The van der Waals surface area contributed by atoms with Crippen LogP contribution in [0.3, 0.4) is 0 Å². The van der Waals surface area contributed by atoms with Gasteiger partial charge < -0.3 is 19.9 Å². The summed E-state index contributed by atoms with van der Waals surface area (Å²) < 4.78 is 14.5. The highest BCUT2D eigenvalue weighted by molar-refractivity contribution is 7.06. The largest absolute Gasteiger partial charge is 0.493 e. The highest BCUT2D eigenvalue weighted by Gasteiger charge is 2.33. The van der Waals surface area contributed by atoms with E-state index < -0.39 is 5.97 Å². The smallest absolute Gasteiger partial charge is 0.357 e. The standard InChI is InChI=1S/C15H14N2O5S/c1-21-9-4-3-7(5-10(9)22-2)8-6-11(18)16-12-13(15(19)20)17-23-14(8)12/h3-5,8H,6H2,1-2H3,(H,16,18)(H,19,20)/t8-/m1/s1. The summed E-state index contributed by atoms with van der Waals surface area (Å²) in [5, 5.41) is 11.8. The van der Waals surface area contributed by atoms with Crippen LogP contribution in [0.5, 0.6) is 11.5 Å². The Kier molecular flexibility index (Phi) is 3.91. The molecule has 8 heteroatoms. The highest BCUT2D eigenvalue weighted by atomic mass is 32.1. The summed E-state index contributed by atoms with van der Waals surface area (Å²) in [6, 6.07) is 5.40. The molecule has 0 bridgehead atoms. The zero-order valence-electron chi connectivity index (χ0n) is 12.5. The number of carbonyl (C=O) groups excluding carboxylic acids is 1. The Labute approximate surface area is 136 Å². The van der Waals surface area contributed by atoms with Gasteiger partial charge in [0.1, 0.15) is 0 Å². The molecular weight excluding hydrogens is 320 g/mol. The van der Waals surface area contributed by atoms with E-state index in [0.29, 0.717) is 17.2 Å². The second kappa shape index (κ2) is 5.88. The molecule has 1 amide bonds. The quantitative estimate of drug-likeness (QED) is 0.890. The molecule has 0 radical (unpaired) electrons. The lowest BCUT2D eigenvalue weighted by molar-refractivity contribution is -0.116. The Balaban J connectivity index is 2.08. The van der Waals surface area contributed by atoms with Crippen LogP contribution in [0.4, 0.5) is 5.69 Å². The van der Waals surface area contributed by atoms with E-state index in [1.165, 1.54) is 7.11 Å². The number of nitrogens with zero attached hydrogens (tertiary/aromatic N) is 1. The molecule has 1 atom stereocenters. The average Bonchev–Trinajstić information content (AvgIpc) is 2.97. The number of methoxy groups -OCH3 is 2. The number of ether oxygens (including phenoxy) is 2. The molecule has 1 aromatic carbocycles. The van der Waals surface area contributed by atoms with Crippen LogP contribution >= 0.6 is 11.5 Å². The fourth-order valence-corrected chi connectivity index (χ4v) is 3.56. The van der Waals surface area contributed by atoms with E-state index in [4.69, 9.17) is 9.47 Å². The summed E-state index contributed by atoms with van der Waals surface area (Å²) in [5.41, 5.74) is 1.02. The fourth-order valence-electron chi connectivity index (χ4n) is 2.61. The maximum atomic E-state index is 12.0. The van der Waals surface area contributed by atoms with Crippen LogP contribution < -0.4 is 14.8 Å². The molecule has 0 saturated carbocycles. The number of amides is 1. The highest BCUT2D eigenvalue weighted by Crippen LogP contribution is 2.43. The predicted molar refractivity (Wildman–Crippen MR) is 83.7 cm³/mol. The number of carboxylic acid groups (broad SMARTS) is 1. The van der Waals surface area contributed by atoms with Crippen molar-refractivity contribution < 1.29 is 24.2 Å². The lowest BCUT2D eigenvalue weighted by Gasteiger charge is -2.23. The number of rotatable bonds is 4. The number of benzene rings is 1. The molecule has 2 aromatic rings. The number of anilines is 1. The van der Waals surface area contributed by atoms with Crippen LogP contribution in [-0.2, 0) is 4.79 Å². The van der Waals surface area contributed by atoms with Crippen LogP contribution in [0.1, 0.15) is 33.3 Å². The van der Waals surface area contributed by atoms with Gasteiger partial charge in [0, 0.05) is 12.3 Å². The third-order valence-electron chi connectivity index (χ3n) is 3.70. The van der Waals surface area contributed by atoms with Gasteiger partial charge in [0.2, 0.25) is 5.91 Å². The Bertz CT molecular complexity index is 786. The van der Waals surface area contributed by atoms with Crippen molar-refractivity contribution >= 4 is 29.1 Å². The van der Waals surface area contributed by atoms with Crippen LogP contribution in [0.2, 0.25) is 0 Å². The van der Waals surface area contributed by atoms with Gasteiger partial charge in [-0.3, -0.25) is 4.79 Å². The Hall–Kier alpha value is -2.61.